The Morgan fingerprint density at radius 3 is 2.31 bits per heavy atom. The fourth-order valence-corrected chi connectivity index (χ4v) is 5.09. The average molecular weight is 457 g/mol. The highest BCUT2D eigenvalue weighted by atomic mass is 32.2. The summed E-state index contributed by atoms with van der Waals surface area (Å²) in [5, 5.41) is 6.46. The highest BCUT2D eigenvalue weighted by molar-refractivity contribution is 7.89. The van der Waals surface area contributed by atoms with Crippen molar-refractivity contribution in [2.75, 3.05) is 18.4 Å². The molecule has 0 spiro atoms. The lowest BCUT2D eigenvalue weighted by atomic mass is 10.0. The molecular weight excluding hydrogens is 428 g/mol. The van der Waals surface area contributed by atoms with Crippen molar-refractivity contribution in [2.24, 2.45) is 0 Å². The molecule has 0 saturated heterocycles. The maximum Gasteiger partial charge on any atom is 0.247 e. The first-order valence-corrected chi connectivity index (χ1v) is 11.9. The minimum atomic E-state index is -3.57. The molecule has 1 aromatic heterocycles. The highest BCUT2D eigenvalue weighted by Crippen LogP contribution is 2.21. The van der Waals surface area contributed by atoms with E-state index in [1.54, 1.807) is 26.0 Å². The van der Waals surface area contributed by atoms with E-state index in [1.165, 1.54) is 23.4 Å². The van der Waals surface area contributed by atoms with E-state index in [0.717, 1.165) is 16.5 Å². The molecule has 1 atom stereocenters. The summed E-state index contributed by atoms with van der Waals surface area (Å²) in [5.41, 5.74) is 2.31. The molecule has 2 amide bonds. The van der Waals surface area contributed by atoms with E-state index >= 15 is 0 Å². The Balaban J connectivity index is 1.77. The van der Waals surface area contributed by atoms with Crippen molar-refractivity contribution in [2.45, 2.75) is 38.1 Å². The largest absolute Gasteiger partial charge is 0.361 e. The Kier molecular flexibility index (Phi) is 7.32. The molecule has 0 fully saturated rings. The monoisotopic (exact) mass is 456 g/mol. The number of benzene rings is 2. The van der Waals surface area contributed by atoms with Crippen LogP contribution in [0.1, 0.15) is 26.3 Å². The first-order chi connectivity index (χ1) is 15.3. The molecule has 0 unspecified atom stereocenters. The standard InChI is InChI=1S/C23H28N4O4S/c1-4-27(5-2)32(30,31)19-12-10-18(11-13-19)26-23(29)22(25-16(3)28)14-17-15-24-21-9-7-6-8-20(17)21/h6-13,15,22,24H,4-5,14H2,1-3H3,(H,25,28)(H,26,29)/t22-/m0/s1. The zero-order valence-corrected chi connectivity index (χ0v) is 19.2. The summed E-state index contributed by atoms with van der Waals surface area (Å²) in [4.78, 5) is 28.0. The Morgan fingerprint density at radius 1 is 1.03 bits per heavy atom. The number of aromatic amines is 1. The van der Waals surface area contributed by atoms with Crippen LogP contribution in [-0.4, -0.2) is 48.7 Å². The third-order valence-electron chi connectivity index (χ3n) is 5.26. The number of anilines is 1. The lowest BCUT2D eigenvalue weighted by Gasteiger charge is -2.19. The van der Waals surface area contributed by atoms with Crippen molar-refractivity contribution >= 4 is 38.4 Å². The van der Waals surface area contributed by atoms with Crippen molar-refractivity contribution in [3.05, 3.63) is 60.3 Å². The van der Waals surface area contributed by atoms with Gasteiger partial charge in [-0.1, -0.05) is 32.0 Å². The second-order valence-corrected chi connectivity index (χ2v) is 9.36. The second kappa shape index (κ2) is 9.97. The second-order valence-electron chi connectivity index (χ2n) is 7.42. The van der Waals surface area contributed by atoms with E-state index in [0.29, 0.717) is 25.2 Å². The normalized spacial score (nSPS) is 12.6. The van der Waals surface area contributed by atoms with Crippen LogP contribution in [0.5, 0.6) is 0 Å². The number of hydrogen-bond acceptors (Lipinski definition) is 4. The average Bonchev–Trinajstić information content (AvgIpc) is 3.17. The van der Waals surface area contributed by atoms with E-state index in [1.807, 2.05) is 30.5 Å². The Labute approximate surface area is 188 Å². The number of carbonyl (C=O) groups excluding carboxylic acids is 2. The number of H-pyrrole nitrogens is 1. The number of para-hydroxylation sites is 1. The topological polar surface area (TPSA) is 111 Å². The van der Waals surface area contributed by atoms with Gasteiger partial charge in [0.05, 0.1) is 4.90 Å². The maximum absolute atomic E-state index is 12.9. The Hall–Kier alpha value is -3.17. The molecule has 0 radical (unpaired) electrons. The smallest absolute Gasteiger partial charge is 0.247 e. The van der Waals surface area contributed by atoms with Gasteiger partial charge in [0.15, 0.2) is 0 Å². The molecular formula is C23H28N4O4S. The van der Waals surface area contributed by atoms with Gasteiger partial charge in [0.1, 0.15) is 6.04 Å². The van der Waals surface area contributed by atoms with Gasteiger partial charge >= 0.3 is 0 Å². The summed E-state index contributed by atoms with van der Waals surface area (Å²) < 4.78 is 26.6. The molecule has 0 aliphatic rings. The van der Waals surface area contributed by atoms with Crippen molar-refractivity contribution in [3.63, 3.8) is 0 Å². The molecule has 170 valence electrons. The molecule has 0 saturated carbocycles. The minimum Gasteiger partial charge on any atom is -0.361 e. The number of fused-ring (bicyclic) bond motifs is 1. The maximum atomic E-state index is 12.9. The van der Waals surface area contributed by atoms with Gasteiger partial charge in [-0.25, -0.2) is 8.42 Å². The summed E-state index contributed by atoms with van der Waals surface area (Å²) >= 11 is 0. The quantitative estimate of drug-likeness (QED) is 0.460. The zero-order chi connectivity index (χ0) is 23.3. The van der Waals surface area contributed by atoms with Crippen LogP contribution in [0.2, 0.25) is 0 Å². The number of nitrogens with zero attached hydrogens (tertiary/aromatic N) is 1. The first kappa shape index (κ1) is 23.5. The minimum absolute atomic E-state index is 0.163. The molecule has 2 aromatic carbocycles. The van der Waals surface area contributed by atoms with Crippen molar-refractivity contribution in [3.8, 4) is 0 Å². The van der Waals surface area contributed by atoms with Gasteiger partial charge in [-0.05, 0) is 35.9 Å². The Bertz CT molecular complexity index is 1200. The zero-order valence-electron chi connectivity index (χ0n) is 18.4. The van der Waals surface area contributed by atoms with E-state index in [-0.39, 0.29) is 16.7 Å². The number of nitrogens with one attached hydrogen (secondary N) is 3. The first-order valence-electron chi connectivity index (χ1n) is 10.5. The van der Waals surface area contributed by atoms with Crippen LogP contribution >= 0.6 is 0 Å². The number of rotatable bonds is 9. The van der Waals surface area contributed by atoms with E-state index < -0.39 is 16.1 Å². The number of sulfonamides is 1. The van der Waals surface area contributed by atoms with Crippen LogP contribution in [-0.2, 0) is 26.0 Å². The predicted molar refractivity (Wildman–Crippen MR) is 125 cm³/mol. The van der Waals surface area contributed by atoms with Gasteiger partial charge in [-0.15, -0.1) is 0 Å². The van der Waals surface area contributed by atoms with Crippen LogP contribution in [0.15, 0.2) is 59.6 Å². The summed E-state index contributed by atoms with van der Waals surface area (Å²) in [6, 6.07) is 13.0. The van der Waals surface area contributed by atoms with Crippen molar-refractivity contribution in [1.29, 1.82) is 0 Å². The van der Waals surface area contributed by atoms with Crippen LogP contribution in [0.3, 0.4) is 0 Å². The van der Waals surface area contributed by atoms with Crippen LogP contribution in [0, 0.1) is 0 Å². The fourth-order valence-electron chi connectivity index (χ4n) is 3.63. The predicted octanol–water partition coefficient (Wildman–Crippen LogP) is 2.88. The molecule has 9 heteroatoms. The van der Waals surface area contributed by atoms with Crippen LogP contribution < -0.4 is 10.6 Å². The van der Waals surface area contributed by atoms with Gasteiger partial charge in [0, 0.05) is 49.2 Å². The molecule has 3 N–H and O–H groups in total. The summed E-state index contributed by atoms with van der Waals surface area (Å²) in [6.07, 6.45) is 2.14. The SMILES string of the molecule is CCN(CC)S(=O)(=O)c1ccc(NC(=O)[C@H](Cc2c[nH]c3ccccc23)NC(C)=O)cc1. The molecule has 8 nitrogen and oxygen atoms in total. The Morgan fingerprint density at radius 2 is 1.69 bits per heavy atom. The van der Waals surface area contributed by atoms with Gasteiger partial charge in [-0.2, -0.15) is 4.31 Å². The van der Waals surface area contributed by atoms with Gasteiger partial charge in [0.25, 0.3) is 0 Å². The van der Waals surface area contributed by atoms with E-state index in [9.17, 15) is 18.0 Å². The number of carbonyl (C=O) groups is 2. The van der Waals surface area contributed by atoms with Crippen molar-refractivity contribution in [1.82, 2.24) is 14.6 Å². The molecule has 0 bridgehead atoms. The fraction of sp³-hybridized carbons (Fsp3) is 0.304. The van der Waals surface area contributed by atoms with Crippen LogP contribution in [0.25, 0.3) is 10.9 Å². The third-order valence-corrected chi connectivity index (χ3v) is 7.32. The van der Waals surface area contributed by atoms with E-state index in [4.69, 9.17) is 0 Å². The van der Waals surface area contributed by atoms with Gasteiger partial charge < -0.3 is 15.6 Å². The molecule has 0 aliphatic heterocycles. The molecule has 3 aromatic rings. The summed E-state index contributed by atoms with van der Waals surface area (Å²) in [7, 11) is -3.57. The van der Waals surface area contributed by atoms with Gasteiger partial charge in [-0.3, -0.25) is 9.59 Å². The summed E-state index contributed by atoms with van der Waals surface area (Å²) in [5.74, 6) is -0.699. The number of amides is 2. The molecule has 1 heterocycles. The summed E-state index contributed by atoms with van der Waals surface area (Å²) in [6.45, 7) is 5.69. The van der Waals surface area contributed by atoms with E-state index in [2.05, 4.69) is 15.6 Å². The van der Waals surface area contributed by atoms with Gasteiger partial charge in [0.2, 0.25) is 21.8 Å². The molecule has 3 rings (SSSR count). The number of aromatic nitrogens is 1. The highest BCUT2D eigenvalue weighted by Gasteiger charge is 2.23. The third kappa shape index (κ3) is 5.17. The number of hydrogen-bond donors (Lipinski definition) is 3. The molecule has 0 aliphatic carbocycles. The molecule has 32 heavy (non-hydrogen) atoms. The lowest BCUT2D eigenvalue weighted by Crippen LogP contribution is -2.44. The van der Waals surface area contributed by atoms with Crippen LogP contribution in [0.4, 0.5) is 5.69 Å². The lowest BCUT2D eigenvalue weighted by molar-refractivity contribution is -0.125. The van der Waals surface area contributed by atoms with Crippen molar-refractivity contribution < 1.29 is 18.0 Å².